The van der Waals surface area contributed by atoms with Crippen molar-refractivity contribution in [3.05, 3.63) is 12.2 Å². The molecule has 0 rings (SSSR count). The maximum atomic E-state index is 11.1. The van der Waals surface area contributed by atoms with Gasteiger partial charge in [-0.05, 0) is 25.2 Å². The van der Waals surface area contributed by atoms with Gasteiger partial charge in [0.25, 0.3) is 0 Å². The molecule has 2 nitrogen and oxygen atoms in total. The van der Waals surface area contributed by atoms with Crippen LogP contribution in [0, 0.1) is 5.41 Å². The van der Waals surface area contributed by atoms with Gasteiger partial charge in [-0.2, -0.15) is 0 Å². The van der Waals surface area contributed by atoms with Crippen LogP contribution in [0.5, 0.6) is 0 Å². The van der Waals surface area contributed by atoms with Gasteiger partial charge in [-0.3, -0.25) is 0 Å². The maximum Gasteiger partial charge on any atom is 0.333 e. The van der Waals surface area contributed by atoms with Crippen molar-refractivity contribution in [2.45, 2.75) is 53.4 Å². The van der Waals surface area contributed by atoms with E-state index in [9.17, 15) is 4.79 Å². The van der Waals surface area contributed by atoms with Crippen molar-refractivity contribution in [3.63, 3.8) is 0 Å². The van der Waals surface area contributed by atoms with Crippen LogP contribution in [0.25, 0.3) is 0 Å². The van der Waals surface area contributed by atoms with Gasteiger partial charge in [-0.25, -0.2) is 4.79 Å². The van der Waals surface area contributed by atoms with E-state index in [2.05, 4.69) is 27.4 Å². The number of rotatable bonds is 7. The third kappa shape index (κ3) is 7.18. The molecular formula is C13H24O2. The van der Waals surface area contributed by atoms with Crippen molar-refractivity contribution < 1.29 is 9.53 Å². The van der Waals surface area contributed by atoms with Gasteiger partial charge in [-0.1, -0.05) is 40.2 Å². The van der Waals surface area contributed by atoms with E-state index < -0.39 is 0 Å². The summed E-state index contributed by atoms with van der Waals surface area (Å²) < 4.78 is 5.08. The molecule has 0 aromatic rings. The normalized spacial score (nSPS) is 11.2. The SMILES string of the molecule is C=C(C)C(=O)OCCC(C)(C)CCCC. The minimum absolute atomic E-state index is 0.269. The smallest absolute Gasteiger partial charge is 0.333 e. The highest BCUT2D eigenvalue weighted by atomic mass is 16.5. The lowest BCUT2D eigenvalue weighted by Crippen LogP contribution is -2.16. The lowest BCUT2D eigenvalue weighted by atomic mass is 9.84. The summed E-state index contributed by atoms with van der Waals surface area (Å²) in [5.74, 6) is -0.277. The standard InChI is InChI=1S/C13H24O2/c1-6-7-8-13(4,5)9-10-15-12(14)11(2)3/h2,6-10H2,1,3-5H3. The molecule has 0 saturated heterocycles. The molecule has 0 N–H and O–H groups in total. The highest BCUT2D eigenvalue weighted by molar-refractivity contribution is 5.86. The third-order valence-corrected chi connectivity index (χ3v) is 2.57. The molecule has 0 atom stereocenters. The Bertz CT molecular complexity index is 217. The second kappa shape index (κ2) is 6.65. The van der Waals surface area contributed by atoms with Gasteiger partial charge in [0, 0.05) is 5.57 Å². The van der Waals surface area contributed by atoms with Gasteiger partial charge in [0.15, 0.2) is 0 Å². The van der Waals surface area contributed by atoms with E-state index >= 15 is 0 Å². The third-order valence-electron chi connectivity index (χ3n) is 2.57. The summed E-state index contributed by atoms with van der Waals surface area (Å²) in [6.07, 6.45) is 4.57. The first-order valence-electron chi connectivity index (χ1n) is 5.71. The minimum Gasteiger partial charge on any atom is -0.462 e. The zero-order valence-electron chi connectivity index (χ0n) is 10.6. The summed E-state index contributed by atoms with van der Waals surface area (Å²) in [5, 5.41) is 0. The van der Waals surface area contributed by atoms with E-state index in [-0.39, 0.29) is 11.4 Å². The van der Waals surface area contributed by atoms with Gasteiger partial charge < -0.3 is 4.74 Å². The Morgan fingerprint density at radius 2 is 1.93 bits per heavy atom. The molecule has 0 spiro atoms. The van der Waals surface area contributed by atoms with Gasteiger partial charge >= 0.3 is 5.97 Å². The summed E-state index contributed by atoms with van der Waals surface area (Å²) in [7, 11) is 0. The Kier molecular flexibility index (Phi) is 6.30. The molecule has 0 aliphatic carbocycles. The van der Waals surface area contributed by atoms with E-state index in [1.807, 2.05) is 0 Å². The number of carbonyl (C=O) groups excluding carboxylic acids is 1. The summed E-state index contributed by atoms with van der Waals surface area (Å²) in [6, 6.07) is 0. The van der Waals surface area contributed by atoms with Crippen molar-refractivity contribution in [1.82, 2.24) is 0 Å². The molecule has 0 aliphatic heterocycles. The van der Waals surface area contributed by atoms with Crippen LogP contribution in [0.4, 0.5) is 0 Å². The first-order valence-corrected chi connectivity index (χ1v) is 5.71. The predicted octanol–water partition coefficient (Wildman–Crippen LogP) is 3.71. The molecule has 0 fully saturated rings. The van der Waals surface area contributed by atoms with Crippen LogP contribution in [-0.2, 0) is 9.53 Å². The zero-order chi connectivity index (χ0) is 11.9. The summed E-state index contributed by atoms with van der Waals surface area (Å²) in [5.41, 5.74) is 0.743. The number of hydrogen-bond acceptors (Lipinski definition) is 2. The number of esters is 1. The molecule has 0 aromatic heterocycles. The average molecular weight is 212 g/mol. The van der Waals surface area contributed by atoms with Crippen molar-refractivity contribution in [2.75, 3.05) is 6.61 Å². The number of unbranched alkanes of at least 4 members (excludes halogenated alkanes) is 1. The predicted molar refractivity (Wildman–Crippen MR) is 63.7 cm³/mol. The molecule has 0 radical (unpaired) electrons. The molecule has 88 valence electrons. The van der Waals surface area contributed by atoms with Gasteiger partial charge in [0.05, 0.1) is 6.61 Å². The van der Waals surface area contributed by atoms with Crippen LogP contribution < -0.4 is 0 Å². The van der Waals surface area contributed by atoms with E-state index in [1.54, 1.807) is 6.92 Å². The molecule has 0 saturated carbocycles. The topological polar surface area (TPSA) is 26.3 Å². The van der Waals surface area contributed by atoms with Crippen LogP contribution in [0.15, 0.2) is 12.2 Å². The molecule has 0 bridgehead atoms. The second-order valence-corrected chi connectivity index (χ2v) is 4.93. The zero-order valence-corrected chi connectivity index (χ0v) is 10.6. The quantitative estimate of drug-likeness (QED) is 0.475. The fourth-order valence-electron chi connectivity index (χ4n) is 1.32. The molecule has 0 aromatic carbocycles. The van der Waals surface area contributed by atoms with Crippen LogP contribution in [0.2, 0.25) is 0 Å². The summed E-state index contributed by atoms with van der Waals surface area (Å²) in [6.45, 7) is 12.3. The second-order valence-electron chi connectivity index (χ2n) is 4.93. The van der Waals surface area contributed by atoms with E-state index in [1.165, 1.54) is 19.3 Å². The van der Waals surface area contributed by atoms with Crippen molar-refractivity contribution in [2.24, 2.45) is 5.41 Å². The van der Waals surface area contributed by atoms with E-state index in [0.717, 1.165) is 6.42 Å². The molecular weight excluding hydrogens is 188 g/mol. The molecule has 0 amide bonds. The van der Waals surface area contributed by atoms with Crippen molar-refractivity contribution >= 4 is 5.97 Å². The minimum atomic E-state index is -0.277. The molecule has 2 heteroatoms. The Morgan fingerprint density at radius 1 is 1.33 bits per heavy atom. The van der Waals surface area contributed by atoms with Crippen LogP contribution >= 0.6 is 0 Å². The Labute approximate surface area is 93.7 Å². The largest absolute Gasteiger partial charge is 0.462 e. The van der Waals surface area contributed by atoms with Crippen LogP contribution in [-0.4, -0.2) is 12.6 Å². The Hall–Kier alpha value is -0.790. The number of hydrogen-bond donors (Lipinski definition) is 0. The summed E-state index contributed by atoms with van der Waals surface area (Å²) >= 11 is 0. The Balaban J connectivity index is 3.74. The number of ether oxygens (including phenoxy) is 1. The maximum absolute atomic E-state index is 11.1. The van der Waals surface area contributed by atoms with Gasteiger partial charge in [0.1, 0.15) is 0 Å². The average Bonchev–Trinajstić information content (AvgIpc) is 2.14. The lowest BCUT2D eigenvalue weighted by Gasteiger charge is -2.24. The molecule has 0 heterocycles. The molecule has 0 aliphatic rings. The fourth-order valence-corrected chi connectivity index (χ4v) is 1.32. The number of carbonyl (C=O) groups is 1. The van der Waals surface area contributed by atoms with E-state index in [4.69, 9.17) is 4.74 Å². The van der Waals surface area contributed by atoms with Crippen molar-refractivity contribution in [1.29, 1.82) is 0 Å². The highest BCUT2D eigenvalue weighted by Gasteiger charge is 2.17. The monoisotopic (exact) mass is 212 g/mol. The Morgan fingerprint density at radius 3 is 2.40 bits per heavy atom. The van der Waals surface area contributed by atoms with Crippen molar-refractivity contribution in [3.8, 4) is 0 Å². The summed E-state index contributed by atoms with van der Waals surface area (Å²) in [4.78, 5) is 11.1. The first-order chi connectivity index (χ1) is 6.89. The van der Waals surface area contributed by atoms with E-state index in [0.29, 0.717) is 12.2 Å². The molecule has 0 unspecified atom stereocenters. The van der Waals surface area contributed by atoms with Crippen LogP contribution in [0.1, 0.15) is 53.4 Å². The highest BCUT2D eigenvalue weighted by Crippen LogP contribution is 2.27. The van der Waals surface area contributed by atoms with Gasteiger partial charge in [-0.15, -0.1) is 0 Å². The molecule has 15 heavy (non-hydrogen) atoms. The van der Waals surface area contributed by atoms with Gasteiger partial charge in [0.2, 0.25) is 0 Å². The fraction of sp³-hybridized carbons (Fsp3) is 0.769. The lowest BCUT2D eigenvalue weighted by molar-refractivity contribution is -0.139. The first kappa shape index (κ1) is 14.2. The van der Waals surface area contributed by atoms with Crippen LogP contribution in [0.3, 0.4) is 0 Å².